The molecule has 1 aromatic carbocycles. The number of aliphatic hydroxyl groups is 1. The predicted octanol–water partition coefficient (Wildman–Crippen LogP) is 4.79. The molecule has 1 saturated carbocycles. The number of aliphatic hydroxyl groups excluding tert-OH is 1. The topological polar surface area (TPSA) is 49.7 Å². The third-order valence-electron chi connectivity index (χ3n) is 6.05. The molecule has 3 atom stereocenters. The van der Waals surface area contributed by atoms with Gasteiger partial charge < -0.3 is 14.9 Å². The van der Waals surface area contributed by atoms with Gasteiger partial charge in [0, 0.05) is 18.1 Å². The average molecular weight is 332 g/mol. The quantitative estimate of drug-likeness (QED) is 0.762. The first-order valence-corrected chi connectivity index (χ1v) is 9.58. The van der Waals surface area contributed by atoms with E-state index in [0.717, 1.165) is 49.0 Å². The Bertz CT molecular complexity index is 579. The van der Waals surface area contributed by atoms with Crippen molar-refractivity contribution in [2.24, 2.45) is 11.8 Å². The Morgan fingerprint density at radius 2 is 1.96 bits per heavy atom. The highest BCUT2D eigenvalue weighted by molar-refractivity contribution is 5.52. The van der Waals surface area contributed by atoms with Crippen LogP contribution in [0.25, 0.3) is 0 Å². The minimum absolute atomic E-state index is 0.167. The van der Waals surface area contributed by atoms with Gasteiger partial charge >= 0.3 is 0 Å². The summed E-state index contributed by atoms with van der Waals surface area (Å²) in [5.41, 5.74) is 2.02. The van der Waals surface area contributed by atoms with Crippen LogP contribution in [0.3, 0.4) is 0 Å². The van der Waals surface area contributed by atoms with Crippen LogP contribution in [0.2, 0.25) is 0 Å². The zero-order chi connectivity index (χ0) is 17.3. The van der Waals surface area contributed by atoms with Crippen molar-refractivity contribution in [3.63, 3.8) is 0 Å². The number of aryl methyl sites for hydroxylation is 1. The number of phenols is 1. The van der Waals surface area contributed by atoms with Crippen molar-refractivity contribution < 1.29 is 14.9 Å². The van der Waals surface area contributed by atoms with E-state index in [4.69, 9.17) is 9.84 Å². The molecular weight excluding hydrogens is 300 g/mol. The zero-order valence-electron chi connectivity index (χ0n) is 15.3. The number of ether oxygens (including phenoxy) is 1. The van der Waals surface area contributed by atoms with Gasteiger partial charge in [0.15, 0.2) is 0 Å². The number of phenolic OH excluding ortho intramolecular Hbond substituents is 1. The van der Waals surface area contributed by atoms with Crippen LogP contribution < -0.4 is 4.74 Å². The summed E-state index contributed by atoms with van der Waals surface area (Å²) in [7, 11) is 0. The van der Waals surface area contributed by atoms with Gasteiger partial charge in [-0.15, -0.1) is 0 Å². The number of rotatable bonds is 5. The van der Waals surface area contributed by atoms with Gasteiger partial charge in [-0.3, -0.25) is 0 Å². The average Bonchev–Trinajstić information content (AvgIpc) is 2.50. The largest absolute Gasteiger partial charge is 0.508 e. The Morgan fingerprint density at radius 3 is 2.71 bits per heavy atom. The highest BCUT2D eigenvalue weighted by atomic mass is 16.5. The molecule has 134 valence electrons. The van der Waals surface area contributed by atoms with Crippen molar-refractivity contribution in [2.75, 3.05) is 6.61 Å². The van der Waals surface area contributed by atoms with E-state index in [2.05, 4.69) is 26.8 Å². The van der Waals surface area contributed by atoms with E-state index in [-0.39, 0.29) is 12.2 Å². The molecular formula is C21H32O3. The Morgan fingerprint density at radius 1 is 1.17 bits per heavy atom. The molecule has 1 aliphatic carbocycles. The van der Waals surface area contributed by atoms with Crippen molar-refractivity contribution in [1.82, 2.24) is 0 Å². The third kappa shape index (κ3) is 3.42. The van der Waals surface area contributed by atoms with Crippen LogP contribution in [0.15, 0.2) is 12.1 Å². The van der Waals surface area contributed by atoms with Gasteiger partial charge in [-0.1, -0.05) is 19.8 Å². The fraction of sp³-hybridized carbons (Fsp3) is 0.714. The van der Waals surface area contributed by atoms with E-state index >= 15 is 0 Å². The highest BCUT2D eigenvalue weighted by Crippen LogP contribution is 2.55. The molecule has 0 spiro atoms. The molecule has 24 heavy (non-hydrogen) atoms. The molecule has 0 radical (unpaired) electrons. The standard InChI is InChI=1S/C21H32O3/c1-14-8-9-17-16(11-14)20-18(23)12-15(7-5-4-6-10-22)13-19(20)24-21(17,2)3/h12-14,16-17,22-23H,4-11H2,1-3H3/t14-,16-,17-/m1/s1. The molecule has 1 fully saturated rings. The fourth-order valence-corrected chi connectivity index (χ4v) is 4.78. The van der Waals surface area contributed by atoms with Gasteiger partial charge in [0.2, 0.25) is 0 Å². The minimum atomic E-state index is -0.167. The van der Waals surface area contributed by atoms with Crippen LogP contribution in [0, 0.1) is 11.8 Å². The second-order valence-corrected chi connectivity index (χ2v) is 8.40. The van der Waals surface area contributed by atoms with Crippen LogP contribution in [-0.2, 0) is 6.42 Å². The van der Waals surface area contributed by atoms with Gasteiger partial charge in [-0.2, -0.15) is 0 Å². The fourth-order valence-electron chi connectivity index (χ4n) is 4.78. The normalized spacial score (nSPS) is 27.9. The lowest BCUT2D eigenvalue weighted by atomic mass is 9.64. The summed E-state index contributed by atoms with van der Waals surface area (Å²) in [4.78, 5) is 0. The smallest absolute Gasteiger partial charge is 0.127 e. The zero-order valence-corrected chi connectivity index (χ0v) is 15.3. The summed E-state index contributed by atoms with van der Waals surface area (Å²) in [6.45, 7) is 6.99. The van der Waals surface area contributed by atoms with Crippen LogP contribution in [-0.4, -0.2) is 22.4 Å². The minimum Gasteiger partial charge on any atom is -0.508 e. The molecule has 3 nitrogen and oxygen atoms in total. The second-order valence-electron chi connectivity index (χ2n) is 8.40. The van der Waals surface area contributed by atoms with Gasteiger partial charge in [0.1, 0.15) is 17.1 Å². The molecule has 2 N–H and O–H groups in total. The van der Waals surface area contributed by atoms with Crippen molar-refractivity contribution in [2.45, 2.75) is 77.2 Å². The van der Waals surface area contributed by atoms with Crippen molar-refractivity contribution in [1.29, 1.82) is 0 Å². The van der Waals surface area contributed by atoms with E-state index < -0.39 is 0 Å². The highest BCUT2D eigenvalue weighted by Gasteiger charge is 2.47. The first-order valence-electron chi connectivity index (χ1n) is 9.58. The lowest BCUT2D eigenvalue weighted by molar-refractivity contribution is -0.0145. The first-order chi connectivity index (χ1) is 11.4. The summed E-state index contributed by atoms with van der Waals surface area (Å²) in [5.74, 6) is 2.93. The maximum absolute atomic E-state index is 10.7. The van der Waals surface area contributed by atoms with E-state index in [9.17, 15) is 5.11 Å². The van der Waals surface area contributed by atoms with Crippen molar-refractivity contribution >= 4 is 0 Å². The van der Waals surface area contributed by atoms with Gasteiger partial charge in [-0.05, 0) is 75.5 Å². The summed E-state index contributed by atoms with van der Waals surface area (Å²) in [5, 5.41) is 19.6. The molecule has 3 heteroatoms. The summed E-state index contributed by atoms with van der Waals surface area (Å²) in [6.07, 6.45) is 7.41. The summed E-state index contributed by atoms with van der Waals surface area (Å²) < 4.78 is 6.37. The number of benzene rings is 1. The summed E-state index contributed by atoms with van der Waals surface area (Å²) in [6, 6.07) is 4.08. The Balaban J connectivity index is 1.87. The Kier molecular flexibility index (Phi) is 5.10. The second kappa shape index (κ2) is 6.95. The van der Waals surface area contributed by atoms with Crippen LogP contribution >= 0.6 is 0 Å². The molecule has 1 heterocycles. The van der Waals surface area contributed by atoms with E-state index in [0.29, 0.717) is 23.5 Å². The Labute approximate surface area is 146 Å². The maximum Gasteiger partial charge on any atom is 0.127 e. The van der Waals surface area contributed by atoms with Crippen LogP contribution in [0.4, 0.5) is 0 Å². The van der Waals surface area contributed by atoms with Crippen LogP contribution in [0.1, 0.15) is 76.3 Å². The Hall–Kier alpha value is -1.22. The SMILES string of the molecule is C[C@@H]1CC[C@@H]2[C@@H](C1)c1c(O)cc(CCCCCO)cc1OC2(C)C. The number of hydrogen-bond donors (Lipinski definition) is 2. The molecule has 0 amide bonds. The number of aromatic hydroxyl groups is 1. The summed E-state index contributed by atoms with van der Waals surface area (Å²) >= 11 is 0. The molecule has 0 bridgehead atoms. The molecule has 1 aliphatic heterocycles. The number of unbranched alkanes of at least 4 members (excludes halogenated alkanes) is 2. The third-order valence-corrected chi connectivity index (χ3v) is 6.05. The lowest BCUT2D eigenvalue weighted by Crippen LogP contribution is -2.46. The molecule has 0 saturated heterocycles. The molecule has 3 rings (SSSR count). The predicted molar refractivity (Wildman–Crippen MR) is 96.7 cm³/mol. The van der Waals surface area contributed by atoms with Crippen molar-refractivity contribution in [3.8, 4) is 11.5 Å². The molecule has 2 aliphatic rings. The molecule has 0 aromatic heterocycles. The van der Waals surface area contributed by atoms with Gasteiger partial charge in [0.05, 0.1) is 0 Å². The number of fused-ring (bicyclic) bond motifs is 3. The number of hydrogen-bond acceptors (Lipinski definition) is 3. The van der Waals surface area contributed by atoms with E-state index in [1.54, 1.807) is 0 Å². The van der Waals surface area contributed by atoms with Gasteiger partial charge in [-0.25, -0.2) is 0 Å². The van der Waals surface area contributed by atoms with Gasteiger partial charge in [0.25, 0.3) is 0 Å². The van der Waals surface area contributed by atoms with E-state index in [1.807, 2.05) is 6.07 Å². The molecule has 1 aromatic rings. The molecule has 0 unspecified atom stereocenters. The monoisotopic (exact) mass is 332 g/mol. The lowest BCUT2D eigenvalue weighted by Gasteiger charge is -2.48. The first kappa shape index (κ1) is 17.6. The van der Waals surface area contributed by atoms with Crippen molar-refractivity contribution in [3.05, 3.63) is 23.3 Å². The van der Waals surface area contributed by atoms with Crippen LogP contribution in [0.5, 0.6) is 11.5 Å². The van der Waals surface area contributed by atoms with E-state index in [1.165, 1.54) is 12.8 Å². The maximum atomic E-state index is 10.7.